The van der Waals surface area contributed by atoms with Gasteiger partial charge in [0, 0.05) is 7.05 Å². The van der Waals surface area contributed by atoms with Gasteiger partial charge >= 0.3 is 11.9 Å². The minimum Gasteiger partial charge on any atom is -0.480 e. The average Bonchev–Trinajstić information content (AvgIpc) is 2.38. The van der Waals surface area contributed by atoms with Gasteiger partial charge in [0.2, 0.25) is 0 Å². The van der Waals surface area contributed by atoms with Gasteiger partial charge in [-0.3, -0.25) is 0 Å². The minimum atomic E-state index is -0.932. The highest BCUT2D eigenvalue weighted by molar-refractivity contribution is 5.87. The third-order valence-corrected chi connectivity index (χ3v) is 2.55. The lowest BCUT2D eigenvalue weighted by Gasteiger charge is -2.24. The van der Waals surface area contributed by atoms with Gasteiger partial charge in [0.05, 0.1) is 7.11 Å². The van der Waals surface area contributed by atoms with Crippen molar-refractivity contribution >= 4 is 17.8 Å². The van der Waals surface area contributed by atoms with Crippen molar-refractivity contribution in [3.05, 3.63) is 17.8 Å². The van der Waals surface area contributed by atoms with E-state index in [-0.39, 0.29) is 5.69 Å². The second-order valence-corrected chi connectivity index (χ2v) is 3.64. The van der Waals surface area contributed by atoms with Gasteiger partial charge in [-0.15, -0.1) is 10.2 Å². The Labute approximate surface area is 104 Å². The molecule has 7 nitrogen and oxygen atoms in total. The number of rotatable bonds is 5. The van der Waals surface area contributed by atoms with Crippen molar-refractivity contribution in [1.82, 2.24) is 10.2 Å². The summed E-state index contributed by atoms with van der Waals surface area (Å²) in [7, 11) is 2.87. The molecule has 0 aromatic carbocycles. The number of likely N-dealkylation sites (N-methyl/N-ethyl adjacent to an activating group) is 1. The van der Waals surface area contributed by atoms with Crippen molar-refractivity contribution in [2.24, 2.45) is 0 Å². The van der Waals surface area contributed by atoms with Gasteiger partial charge in [0.1, 0.15) is 6.04 Å². The molecule has 0 aliphatic carbocycles. The molecule has 0 aliphatic rings. The molecule has 18 heavy (non-hydrogen) atoms. The van der Waals surface area contributed by atoms with Crippen molar-refractivity contribution in [3.8, 4) is 0 Å². The van der Waals surface area contributed by atoms with E-state index in [2.05, 4.69) is 14.9 Å². The molecular weight excluding hydrogens is 238 g/mol. The highest BCUT2D eigenvalue weighted by Crippen LogP contribution is 2.13. The molecule has 1 aromatic heterocycles. The summed E-state index contributed by atoms with van der Waals surface area (Å²) in [5, 5.41) is 16.5. The van der Waals surface area contributed by atoms with E-state index in [4.69, 9.17) is 5.11 Å². The maximum atomic E-state index is 11.2. The summed E-state index contributed by atoms with van der Waals surface area (Å²) in [6.07, 6.45) is 0.437. The molecule has 1 rings (SSSR count). The van der Waals surface area contributed by atoms with Crippen molar-refractivity contribution in [3.63, 3.8) is 0 Å². The molecule has 1 atom stereocenters. The monoisotopic (exact) mass is 253 g/mol. The summed E-state index contributed by atoms with van der Waals surface area (Å²) in [5.74, 6) is -1.13. The highest BCUT2D eigenvalue weighted by Gasteiger charge is 2.22. The summed E-state index contributed by atoms with van der Waals surface area (Å²) >= 11 is 0. The number of esters is 1. The van der Waals surface area contributed by atoms with Crippen LogP contribution >= 0.6 is 0 Å². The smallest absolute Gasteiger partial charge is 0.358 e. The molecule has 1 unspecified atom stereocenters. The Morgan fingerprint density at radius 3 is 2.50 bits per heavy atom. The number of ether oxygens (including phenoxy) is 1. The largest absolute Gasteiger partial charge is 0.480 e. The van der Waals surface area contributed by atoms with E-state index >= 15 is 0 Å². The first kappa shape index (κ1) is 13.9. The minimum absolute atomic E-state index is 0.0815. The molecule has 7 heteroatoms. The summed E-state index contributed by atoms with van der Waals surface area (Å²) in [6.45, 7) is 1.77. The summed E-state index contributed by atoms with van der Waals surface area (Å²) in [5.41, 5.74) is 0.0815. The second kappa shape index (κ2) is 5.95. The van der Waals surface area contributed by atoms with Crippen molar-refractivity contribution in [2.45, 2.75) is 19.4 Å². The molecule has 0 spiro atoms. The molecule has 0 saturated carbocycles. The Morgan fingerprint density at radius 1 is 1.44 bits per heavy atom. The van der Waals surface area contributed by atoms with Gasteiger partial charge in [-0.1, -0.05) is 6.92 Å². The lowest BCUT2D eigenvalue weighted by atomic mass is 10.2. The molecule has 1 N–H and O–H groups in total. The Kier molecular flexibility index (Phi) is 4.59. The molecule has 1 heterocycles. The van der Waals surface area contributed by atoms with Crippen LogP contribution in [0, 0.1) is 0 Å². The zero-order valence-electron chi connectivity index (χ0n) is 10.5. The zero-order valence-corrected chi connectivity index (χ0v) is 10.5. The van der Waals surface area contributed by atoms with Crippen molar-refractivity contribution < 1.29 is 19.4 Å². The standard InChI is InChI=1S/C11H15N3O4/c1-4-8(10(15)16)14(2)9-6-5-7(12-13-9)11(17)18-3/h5-6,8H,4H2,1-3H3,(H,15,16). The number of aliphatic carboxylic acids is 1. The summed E-state index contributed by atoms with van der Waals surface area (Å²) in [4.78, 5) is 23.7. The van der Waals surface area contributed by atoms with Crippen LogP contribution in [-0.2, 0) is 9.53 Å². The van der Waals surface area contributed by atoms with Crippen LogP contribution in [0.4, 0.5) is 5.82 Å². The number of aromatic nitrogens is 2. The third kappa shape index (κ3) is 2.93. The highest BCUT2D eigenvalue weighted by atomic mass is 16.5. The van der Waals surface area contributed by atoms with Gasteiger partial charge in [-0.25, -0.2) is 9.59 Å². The first-order chi connectivity index (χ1) is 8.51. The van der Waals surface area contributed by atoms with Crippen LogP contribution in [-0.4, -0.2) is 47.4 Å². The van der Waals surface area contributed by atoms with Gasteiger partial charge in [-0.2, -0.15) is 0 Å². The average molecular weight is 253 g/mol. The topological polar surface area (TPSA) is 92.6 Å². The molecule has 0 saturated heterocycles. The first-order valence-electron chi connectivity index (χ1n) is 5.39. The Morgan fingerprint density at radius 2 is 2.11 bits per heavy atom. The number of hydrogen-bond acceptors (Lipinski definition) is 6. The zero-order chi connectivity index (χ0) is 13.7. The number of carbonyl (C=O) groups is 2. The van der Waals surface area contributed by atoms with Crippen molar-refractivity contribution in [1.29, 1.82) is 0 Å². The van der Waals surface area contributed by atoms with Crippen LogP contribution in [0.3, 0.4) is 0 Å². The maximum Gasteiger partial charge on any atom is 0.358 e. The van der Waals surface area contributed by atoms with Crippen LogP contribution in [0.5, 0.6) is 0 Å². The SMILES string of the molecule is CCC(C(=O)O)N(C)c1ccc(C(=O)OC)nn1. The predicted octanol–water partition coefficient (Wildman–Crippen LogP) is 0.563. The van der Waals surface area contributed by atoms with Gasteiger partial charge in [0.25, 0.3) is 0 Å². The molecule has 0 bridgehead atoms. The van der Waals surface area contributed by atoms with Crippen molar-refractivity contribution in [2.75, 3.05) is 19.1 Å². The number of hydrogen-bond donors (Lipinski definition) is 1. The van der Waals surface area contributed by atoms with Crippen LogP contribution in [0.25, 0.3) is 0 Å². The second-order valence-electron chi connectivity index (χ2n) is 3.64. The van der Waals surface area contributed by atoms with E-state index < -0.39 is 18.0 Å². The third-order valence-electron chi connectivity index (χ3n) is 2.55. The van der Waals surface area contributed by atoms with Gasteiger partial charge < -0.3 is 14.7 Å². The number of carboxylic acids is 1. The normalized spacial score (nSPS) is 11.7. The van der Waals surface area contributed by atoms with E-state index in [1.165, 1.54) is 24.1 Å². The number of carboxylic acid groups (broad SMARTS) is 1. The molecular formula is C11H15N3O4. The van der Waals surface area contributed by atoms with Gasteiger partial charge in [-0.05, 0) is 18.6 Å². The predicted molar refractivity (Wildman–Crippen MR) is 63.5 cm³/mol. The van der Waals surface area contributed by atoms with E-state index in [1.807, 2.05) is 0 Å². The quantitative estimate of drug-likeness (QED) is 0.766. The fourth-order valence-corrected chi connectivity index (χ4v) is 1.50. The van der Waals surface area contributed by atoms with Crippen LogP contribution in [0.2, 0.25) is 0 Å². The van der Waals surface area contributed by atoms with Crippen LogP contribution in [0.1, 0.15) is 23.8 Å². The Balaban J connectivity index is 2.90. The molecule has 0 radical (unpaired) electrons. The number of carbonyl (C=O) groups excluding carboxylic acids is 1. The first-order valence-corrected chi connectivity index (χ1v) is 5.39. The number of methoxy groups -OCH3 is 1. The van der Waals surface area contributed by atoms with E-state index in [1.54, 1.807) is 14.0 Å². The summed E-state index contributed by atoms with van der Waals surface area (Å²) in [6, 6.07) is 2.30. The fourth-order valence-electron chi connectivity index (χ4n) is 1.50. The van der Waals surface area contributed by atoms with Gasteiger partial charge in [0.15, 0.2) is 11.5 Å². The lowest BCUT2D eigenvalue weighted by Crippen LogP contribution is -2.38. The molecule has 0 amide bonds. The van der Waals surface area contributed by atoms with Crippen LogP contribution in [0.15, 0.2) is 12.1 Å². The number of anilines is 1. The summed E-state index contributed by atoms with van der Waals surface area (Å²) < 4.78 is 4.49. The molecule has 0 fully saturated rings. The van der Waals surface area contributed by atoms with E-state index in [0.29, 0.717) is 12.2 Å². The molecule has 1 aromatic rings. The number of nitrogens with zero attached hydrogens (tertiary/aromatic N) is 3. The lowest BCUT2D eigenvalue weighted by molar-refractivity contribution is -0.138. The van der Waals surface area contributed by atoms with E-state index in [0.717, 1.165) is 0 Å². The molecule has 0 aliphatic heterocycles. The Hall–Kier alpha value is -2.18. The van der Waals surface area contributed by atoms with E-state index in [9.17, 15) is 9.59 Å². The molecule has 98 valence electrons. The Bertz CT molecular complexity index is 432. The fraction of sp³-hybridized carbons (Fsp3) is 0.455. The maximum absolute atomic E-state index is 11.2. The van der Waals surface area contributed by atoms with Crippen LogP contribution < -0.4 is 4.90 Å².